The van der Waals surface area contributed by atoms with E-state index in [1.165, 1.54) is 0 Å². The summed E-state index contributed by atoms with van der Waals surface area (Å²) in [5.41, 5.74) is 1.98. The Kier molecular flexibility index (Phi) is 5.96. The Balaban J connectivity index is 1.69. The van der Waals surface area contributed by atoms with Crippen LogP contribution in [0, 0.1) is 6.92 Å². The van der Waals surface area contributed by atoms with Crippen molar-refractivity contribution in [3.8, 4) is 5.75 Å². The molecule has 0 atom stereocenters. The van der Waals surface area contributed by atoms with Crippen LogP contribution in [0.5, 0.6) is 5.75 Å². The fourth-order valence-corrected chi connectivity index (χ4v) is 3.49. The Morgan fingerprint density at radius 1 is 1.14 bits per heavy atom. The van der Waals surface area contributed by atoms with Gasteiger partial charge in [0.2, 0.25) is 0 Å². The first-order valence-electron chi connectivity index (χ1n) is 9.91. The van der Waals surface area contributed by atoms with Crippen LogP contribution in [0.1, 0.15) is 56.7 Å². The number of hydrogen-bond acceptors (Lipinski definition) is 6. The quantitative estimate of drug-likeness (QED) is 0.476. The molecule has 7 nitrogen and oxygen atoms in total. The molecule has 1 aliphatic rings. The van der Waals surface area contributed by atoms with Gasteiger partial charge in [-0.3, -0.25) is 4.79 Å². The molecule has 156 valence electrons. The molecular formula is C22H27NO6. The van der Waals surface area contributed by atoms with Gasteiger partial charge in [-0.25, -0.2) is 9.59 Å². The van der Waals surface area contributed by atoms with E-state index in [0.29, 0.717) is 16.9 Å². The maximum Gasteiger partial charge on any atom is 0.407 e. The fourth-order valence-electron chi connectivity index (χ4n) is 3.49. The van der Waals surface area contributed by atoms with Gasteiger partial charge in [-0.15, -0.1) is 0 Å². The molecular weight excluding hydrogens is 374 g/mol. The summed E-state index contributed by atoms with van der Waals surface area (Å²) in [5, 5.41) is 3.43. The van der Waals surface area contributed by atoms with E-state index in [1.807, 2.05) is 6.07 Å². The van der Waals surface area contributed by atoms with Crippen LogP contribution in [0.3, 0.4) is 0 Å². The summed E-state index contributed by atoms with van der Waals surface area (Å²) < 4.78 is 16.1. The lowest BCUT2D eigenvalue weighted by Gasteiger charge is -2.19. The molecule has 0 radical (unpaired) electrons. The maximum absolute atomic E-state index is 12.3. The Labute approximate surface area is 169 Å². The number of carbonyl (C=O) groups excluding carboxylic acids is 2. The first kappa shape index (κ1) is 20.9. The van der Waals surface area contributed by atoms with Crippen molar-refractivity contribution in [1.29, 1.82) is 0 Å². The number of hydrogen-bond donors (Lipinski definition) is 1. The predicted molar refractivity (Wildman–Crippen MR) is 108 cm³/mol. The first-order chi connectivity index (χ1) is 13.7. The minimum Gasteiger partial charge on any atom is -0.444 e. The molecule has 1 aromatic heterocycles. The van der Waals surface area contributed by atoms with Gasteiger partial charge in [-0.1, -0.05) is 0 Å². The highest BCUT2D eigenvalue weighted by Gasteiger charge is 2.21. The number of aryl methyl sites for hydroxylation is 2. The van der Waals surface area contributed by atoms with E-state index >= 15 is 0 Å². The largest absolute Gasteiger partial charge is 0.444 e. The van der Waals surface area contributed by atoms with Crippen molar-refractivity contribution in [3.05, 3.63) is 39.2 Å². The summed E-state index contributed by atoms with van der Waals surface area (Å²) in [7, 11) is 0. The number of benzene rings is 1. The molecule has 1 heterocycles. The number of rotatable bonds is 4. The highest BCUT2D eigenvalue weighted by molar-refractivity contribution is 5.87. The van der Waals surface area contributed by atoms with E-state index in [1.54, 1.807) is 33.8 Å². The number of amides is 1. The van der Waals surface area contributed by atoms with Gasteiger partial charge in [0.05, 0.1) is 6.42 Å². The molecule has 0 fully saturated rings. The third-order valence-corrected chi connectivity index (χ3v) is 4.81. The highest BCUT2D eigenvalue weighted by atomic mass is 16.6. The zero-order valence-electron chi connectivity index (χ0n) is 17.3. The van der Waals surface area contributed by atoms with Crippen LogP contribution in [0.4, 0.5) is 4.79 Å². The predicted octanol–water partition coefficient (Wildman–Crippen LogP) is 3.80. The summed E-state index contributed by atoms with van der Waals surface area (Å²) in [4.78, 5) is 36.1. The zero-order chi connectivity index (χ0) is 21.2. The van der Waals surface area contributed by atoms with Crippen molar-refractivity contribution in [3.63, 3.8) is 0 Å². The fraction of sp³-hybridized carbons (Fsp3) is 0.500. The summed E-state index contributed by atoms with van der Waals surface area (Å²) in [6, 6.07) is 3.57. The monoisotopic (exact) mass is 401 g/mol. The van der Waals surface area contributed by atoms with Gasteiger partial charge in [0.15, 0.2) is 0 Å². The Bertz CT molecular complexity index is 999. The van der Waals surface area contributed by atoms with Crippen LogP contribution in [0.2, 0.25) is 0 Å². The van der Waals surface area contributed by atoms with Gasteiger partial charge < -0.3 is 19.2 Å². The number of nitrogens with one attached hydrogen (secondary N) is 1. The molecule has 1 amide bonds. The summed E-state index contributed by atoms with van der Waals surface area (Å²) >= 11 is 0. The topological polar surface area (TPSA) is 94.8 Å². The second-order valence-corrected chi connectivity index (χ2v) is 8.27. The van der Waals surface area contributed by atoms with Gasteiger partial charge in [0.25, 0.3) is 0 Å². The molecule has 0 spiro atoms. The van der Waals surface area contributed by atoms with Gasteiger partial charge in [0.1, 0.15) is 16.9 Å². The molecule has 0 bridgehead atoms. The molecule has 0 unspecified atom stereocenters. The standard InChI is InChI=1S/C22H27NO6/c1-13-17(27-18(24)11-12-23-21(26)29-22(2,3)4)10-9-15-14-7-5-6-8-16(14)20(25)28-19(13)15/h9-10H,5-8,11-12H2,1-4H3,(H,23,26). The van der Waals surface area contributed by atoms with E-state index < -0.39 is 17.7 Å². The molecule has 0 aliphatic heterocycles. The molecule has 2 aromatic rings. The van der Waals surface area contributed by atoms with E-state index in [2.05, 4.69) is 5.32 Å². The van der Waals surface area contributed by atoms with E-state index in [0.717, 1.165) is 42.2 Å². The number of fused-ring (bicyclic) bond motifs is 3. The van der Waals surface area contributed by atoms with Gasteiger partial charge in [-0.05, 0) is 71.1 Å². The van der Waals surface area contributed by atoms with Gasteiger partial charge >= 0.3 is 17.7 Å². The van der Waals surface area contributed by atoms with Crippen molar-refractivity contribution in [1.82, 2.24) is 5.32 Å². The Morgan fingerprint density at radius 2 is 1.83 bits per heavy atom. The van der Waals surface area contributed by atoms with Crippen LogP contribution in [0.25, 0.3) is 11.0 Å². The lowest BCUT2D eigenvalue weighted by molar-refractivity contribution is -0.134. The molecule has 3 rings (SSSR count). The van der Waals surface area contributed by atoms with Crippen LogP contribution in [0.15, 0.2) is 21.3 Å². The minimum absolute atomic E-state index is 0.00907. The van der Waals surface area contributed by atoms with Crippen molar-refractivity contribution in [2.75, 3.05) is 6.54 Å². The average molecular weight is 401 g/mol. The summed E-state index contributed by atoms with van der Waals surface area (Å²) in [6.45, 7) is 7.15. The normalized spacial score (nSPS) is 13.7. The second kappa shape index (κ2) is 8.27. The molecule has 1 N–H and O–H groups in total. The highest BCUT2D eigenvalue weighted by Crippen LogP contribution is 2.32. The SMILES string of the molecule is Cc1c(OC(=O)CCNC(=O)OC(C)(C)C)ccc2c3c(c(=O)oc12)CCCC3. The minimum atomic E-state index is -0.601. The van der Waals surface area contributed by atoms with E-state index in [4.69, 9.17) is 13.9 Å². The second-order valence-electron chi connectivity index (χ2n) is 8.27. The number of carbonyl (C=O) groups is 2. The van der Waals surface area contributed by atoms with Crippen molar-refractivity contribution >= 4 is 23.0 Å². The van der Waals surface area contributed by atoms with Crippen LogP contribution in [-0.2, 0) is 22.4 Å². The molecule has 0 saturated heterocycles. The van der Waals surface area contributed by atoms with Crippen molar-refractivity contribution in [2.24, 2.45) is 0 Å². The van der Waals surface area contributed by atoms with Crippen molar-refractivity contribution < 1.29 is 23.5 Å². The summed E-state index contributed by atoms with van der Waals surface area (Å²) in [6.07, 6.45) is 3.05. The average Bonchev–Trinajstić information content (AvgIpc) is 2.63. The molecule has 29 heavy (non-hydrogen) atoms. The number of esters is 1. The Hall–Kier alpha value is -2.83. The lowest BCUT2D eigenvalue weighted by atomic mass is 9.90. The number of alkyl carbamates (subject to hydrolysis) is 1. The smallest absolute Gasteiger partial charge is 0.407 e. The van der Waals surface area contributed by atoms with Crippen molar-refractivity contribution in [2.45, 2.75) is 65.4 Å². The van der Waals surface area contributed by atoms with E-state index in [-0.39, 0.29) is 18.6 Å². The first-order valence-corrected chi connectivity index (χ1v) is 9.91. The maximum atomic E-state index is 12.3. The van der Waals surface area contributed by atoms with Gasteiger partial charge in [-0.2, -0.15) is 0 Å². The van der Waals surface area contributed by atoms with Gasteiger partial charge in [0, 0.05) is 23.1 Å². The lowest BCUT2D eigenvalue weighted by Crippen LogP contribution is -2.34. The zero-order valence-corrected chi connectivity index (χ0v) is 17.3. The van der Waals surface area contributed by atoms with Crippen LogP contribution < -0.4 is 15.7 Å². The third-order valence-electron chi connectivity index (χ3n) is 4.81. The molecule has 1 aromatic carbocycles. The third kappa shape index (κ3) is 4.96. The summed E-state index contributed by atoms with van der Waals surface area (Å²) in [5.74, 6) is -0.150. The van der Waals surface area contributed by atoms with E-state index in [9.17, 15) is 14.4 Å². The van der Waals surface area contributed by atoms with Crippen LogP contribution >= 0.6 is 0 Å². The molecule has 7 heteroatoms. The number of ether oxygens (including phenoxy) is 2. The molecule has 0 saturated carbocycles. The van der Waals surface area contributed by atoms with Crippen LogP contribution in [-0.4, -0.2) is 24.2 Å². The Morgan fingerprint density at radius 3 is 2.52 bits per heavy atom. The molecule has 1 aliphatic carbocycles.